The molecule has 0 radical (unpaired) electrons. The van der Waals surface area contributed by atoms with Crippen molar-refractivity contribution in [2.45, 2.75) is 0 Å². The molecule has 1 heterocycles. The molecule has 8 nitrogen and oxygen atoms in total. The molecule has 0 atom stereocenters. The van der Waals surface area contributed by atoms with E-state index in [0.29, 0.717) is 28.6 Å². The molecule has 0 unspecified atom stereocenters. The number of carbonyl (C=O) groups is 1. The lowest BCUT2D eigenvalue weighted by Crippen LogP contribution is -2.01. The van der Waals surface area contributed by atoms with Crippen LogP contribution in [0.15, 0.2) is 60.8 Å². The molecule has 186 valence electrons. The van der Waals surface area contributed by atoms with Crippen LogP contribution in [0.4, 0.5) is 5.69 Å². The number of allylic oxidation sites excluding steroid dienone is 1. The summed E-state index contributed by atoms with van der Waals surface area (Å²) in [5.74, 6) is 2.49. The molecular formula is C27H26N2O6S. The second kappa shape index (κ2) is 11.0. The number of hydrogen-bond acceptors (Lipinski definition) is 9. The number of fused-ring (bicyclic) bond motifs is 1. The van der Waals surface area contributed by atoms with Crippen LogP contribution in [0.25, 0.3) is 20.8 Å². The van der Waals surface area contributed by atoms with E-state index >= 15 is 0 Å². The van der Waals surface area contributed by atoms with Gasteiger partial charge in [0, 0.05) is 41.2 Å². The number of carbonyl (C=O) groups excluding carboxylic acids is 1. The number of thiazole rings is 1. The second-order valence-corrected chi connectivity index (χ2v) is 8.53. The van der Waals surface area contributed by atoms with Gasteiger partial charge in [0.15, 0.2) is 17.3 Å². The van der Waals surface area contributed by atoms with E-state index in [9.17, 15) is 4.79 Å². The molecule has 0 aliphatic carbocycles. The van der Waals surface area contributed by atoms with Crippen molar-refractivity contribution in [3.05, 3.63) is 66.4 Å². The first-order chi connectivity index (χ1) is 17.5. The predicted octanol–water partition coefficient (Wildman–Crippen LogP) is 5.81. The molecule has 0 aliphatic heterocycles. The molecule has 0 bridgehead atoms. The number of nitrogens with zero attached hydrogens (tertiary/aromatic N) is 1. The van der Waals surface area contributed by atoms with Gasteiger partial charge in [-0.3, -0.25) is 4.79 Å². The van der Waals surface area contributed by atoms with Gasteiger partial charge >= 0.3 is 0 Å². The van der Waals surface area contributed by atoms with Gasteiger partial charge in [0.2, 0.25) is 5.75 Å². The molecule has 0 aliphatic rings. The van der Waals surface area contributed by atoms with Crippen molar-refractivity contribution in [1.29, 1.82) is 0 Å². The zero-order valence-corrected chi connectivity index (χ0v) is 21.4. The average Bonchev–Trinajstić information content (AvgIpc) is 3.36. The van der Waals surface area contributed by atoms with Crippen LogP contribution in [0, 0.1) is 0 Å². The van der Waals surface area contributed by atoms with Crippen molar-refractivity contribution in [2.75, 3.05) is 40.9 Å². The Bertz CT molecular complexity index is 1390. The smallest absolute Gasteiger partial charge is 0.203 e. The Balaban J connectivity index is 1.48. The van der Waals surface area contributed by atoms with Crippen LogP contribution in [-0.4, -0.2) is 46.3 Å². The average molecular weight is 507 g/mol. The van der Waals surface area contributed by atoms with E-state index in [1.54, 1.807) is 43.9 Å². The largest absolute Gasteiger partial charge is 0.497 e. The van der Waals surface area contributed by atoms with E-state index in [0.717, 1.165) is 32.2 Å². The van der Waals surface area contributed by atoms with Gasteiger partial charge in [-0.15, -0.1) is 11.3 Å². The standard InChI is InChI=1S/C27H26N2O6S/c1-31-19-14-20-26(24(15-19)34-4)36-27(29-20)16-6-8-18(9-7-16)28-11-10-21(30)17-12-22(32-2)25(35-5)23(13-17)33-3/h6-15,28H,1-5H3/b11-10-. The van der Waals surface area contributed by atoms with E-state index in [-0.39, 0.29) is 5.78 Å². The summed E-state index contributed by atoms with van der Waals surface area (Å²) in [4.78, 5) is 17.4. The predicted molar refractivity (Wildman–Crippen MR) is 141 cm³/mol. The third-order valence-corrected chi connectivity index (χ3v) is 6.59. The van der Waals surface area contributed by atoms with Crippen LogP contribution in [0.2, 0.25) is 0 Å². The van der Waals surface area contributed by atoms with Crippen molar-refractivity contribution >= 4 is 33.0 Å². The van der Waals surface area contributed by atoms with Crippen molar-refractivity contribution in [3.63, 3.8) is 0 Å². The Morgan fingerprint density at radius 1 is 0.833 bits per heavy atom. The number of anilines is 1. The number of nitrogens with one attached hydrogen (secondary N) is 1. The molecule has 0 saturated heterocycles. The summed E-state index contributed by atoms with van der Waals surface area (Å²) in [5, 5.41) is 3.99. The number of benzene rings is 3. The van der Waals surface area contributed by atoms with Crippen molar-refractivity contribution < 1.29 is 28.5 Å². The third-order valence-electron chi connectivity index (χ3n) is 5.45. The molecule has 0 saturated carbocycles. The van der Waals surface area contributed by atoms with Crippen LogP contribution in [0.3, 0.4) is 0 Å². The summed E-state index contributed by atoms with van der Waals surface area (Å²) >= 11 is 1.55. The molecule has 4 rings (SSSR count). The first kappa shape index (κ1) is 24.9. The number of rotatable bonds is 10. The second-order valence-electron chi connectivity index (χ2n) is 7.53. The van der Waals surface area contributed by atoms with Gasteiger partial charge in [-0.1, -0.05) is 0 Å². The van der Waals surface area contributed by atoms with Gasteiger partial charge in [0.05, 0.1) is 45.8 Å². The Morgan fingerprint density at radius 2 is 1.50 bits per heavy atom. The third kappa shape index (κ3) is 5.06. The first-order valence-electron chi connectivity index (χ1n) is 10.9. The van der Waals surface area contributed by atoms with Crippen LogP contribution in [0.1, 0.15) is 10.4 Å². The molecule has 1 N–H and O–H groups in total. The van der Waals surface area contributed by atoms with E-state index in [4.69, 9.17) is 28.7 Å². The van der Waals surface area contributed by atoms with Gasteiger partial charge in [-0.05, 0) is 36.4 Å². The molecule has 0 amide bonds. The highest BCUT2D eigenvalue weighted by molar-refractivity contribution is 7.22. The summed E-state index contributed by atoms with van der Waals surface area (Å²) in [5.41, 5.74) is 3.04. The molecule has 4 aromatic rings. The fraction of sp³-hybridized carbons (Fsp3) is 0.185. The summed E-state index contributed by atoms with van der Waals surface area (Å²) in [6.45, 7) is 0. The van der Waals surface area contributed by atoms with Gasteiger partial charge in [0.1, 0.15) is 16.5 Å². The summed E-state index contributed by atoms with van der Waals surface area (Å²) in [6, 6.07) is 14.8. The van der Waals surface area contributed by atoms with E-state index in [1.807, 2.05) is 36.4 Å². The number of ketones is 1. The van der Waals surface area contributed by atoms with Crippen LogP contribution < -0.4 is 29.0 Å². The SMILES string of the molecule is COc1cc(OC)c2sc(-c3ccc(N/C=C\C(=O)c4cc(OC)c(OC)c(OC)c4)cc3)nc2c1. The normalized spacial score (nSPS) is 10.9. The molecule has 36 heavy (non-hydrogen) atoms. The summed E-state index contributed by atoms with van der Waals surface area (Å²) in [7, 11) is 7.78. The van der Waals surface area contributed by atoms with Crippen LogP contribution >= 0.6 is 11.3 Å². The monoisotopic (exact) mass is 506 g/mol. The minimum absolute atomic E-state index is 0.211. The van der Waals surface area contributed by atoms with Crippen molar-refractivity contribution in [1.82, 2.24) is 4.98 Å². The van der Waals surface area contributed by atoms with E-state index in [1.165, 1.54) is 27.4 Å². The number of methoxy groups -OCH3 is 5. The van der Waals surface area contributed by atoms with Crippen LogP contribution in [-0.2, 0) is 0 Å². The minimum atomic E-state index is -0.211. The number of hydrogen-bond donors (Lipinski definition) is 1. The highest BCUT2D eigenvalue weighted by atomic mass is 32.1. The topological polar surface area (TPSA) is 88.1 Å². The van der Waals surface area contributed by atoms with Crippen molar-refractivity contribution in [3.8, 4) is 39.3 Å². The Labute approximate surface area is 213 Å². The fourth-order valence-corrected chi connectivity index (χ4v) is 4.66. The quantitative estimate of drug-likeness (QED) is 0.213. The zero-order chi connectivity index (χ0) is 25.7. The van der Waals surface area contributed by atoms with Gasteiger partial charge in [-0.2, -0.15) is 0 Å². The molecule has 0 spiro atoms. The van der Waals surface area contributed by atoms with Gasteiger partial charge in [-0.25, -0.2) is 4.98 Å². The molecule has 3 aromatic carbocycles. The number of ether oxygens (including phenoxy) is 5. The van der Waals surface area contributed by atoms with Gasteiger partial charge in [0.25, 0.3) is 0 Å². The zero-order valence-electron chi connectivity index (χ0n) is 20.6. The lowest BCUT2D eigenvalue weighted by Gasteiger charge is -2.13. The lowest BCUT2D eigenvalue weighted by atomic mass is 10.1. The number of aromatic nitrogens is 1. The van der Waals surface area contributed by atoms with Crippen LogP contribution in [0.5, 0.6) is 28.7 Å². The maximum absolute atomic E-state index is 12.7. The van der Waals surface area contributed by atoms with E-state index < -0.39 is 0 Å². The highest BCUT2D eigenvalue weighted by Crippen LogP contribution is 2.39. The first-order valence-corrected chi connectivity index (χ1v) is 11.7. The molecular weight excluding hydrogens is 480 g/mol. The molecule has 9 heteroatoms. The molecule has 0 fully saturated rings. The summed E-state index contributed by atoms with van der Waals surface area (Å²) < 4.78 is 27.7. The van der Waals surface area contributed by atoms with E-state index in [2.05, 4.69) is 5.32 Å². The maximum Gasteiger partial charge on any atom is 0.203 e. The summed E-state index contributed by atoms with van der Waals surface area (Å²) in [6.07, 6.45) is 3.04. The minimum Gasteiger partial charge on any atom is -0.497 e. The molecule has 1 aromatic heterocycles. The fourth-order valence-electron chi connectivity index (χ4n) is 3.61. The van der Waals surface area contributed by atoms with Crippen molar-refractivity contribution in [2.24, 2.45) is 0 Å². The Hall–Kier alpha value is -4.24. The maximum atomic E-state index is 12.7. The van der Waals surface area contributed by atoms with Gasteiger partial charge < -0.3 is 29.0 Å². The highest BCUT2D eigenvalue weighted by Gasteiger charge is 2.16. The Morgan fingerprint density at radius 3 is 2.08 bits per heavy atom. The Kier molecular flexibility index (Phi) is 7.60. The lowest BCUT2D eigenvalue weighted by molar-refractivity contribution is 0.104.